The van der Waals surface area contributed by atoms with Gasteiger partial charge in [-0.05, 0) is 37.0 Å². The summed E-state index contributed by atoms with van der Waals surface area (Å²) in [4.78, 5) is 17.2. The Balaban J connectivity index is 1.71. The number of nitrogens with one attached hydrogen (secondary N) is 1. The molecule has 6 heteroatoms. The molecule has 1 aliphatic rings. The Bertz CT molecular complexity index is 681. The van der Waals surface area contributed by atoms with Crippen molar-refractivity contribution in [3.05, 3.63) is 30.5 Å². The van der Waals surface area contributed by atoms with Crippen molar-refractivity contribution in [1.29, 1.82) is 0 Å². The van der Waals surface area contributed by atoms with E-state index in [9.17, 15) is 4.79 Å². The molecule has 0 spiro atoms. The number of amides is 1. The number of hydrogen-bond acceptors (Lipinski definition) is 4. The van der Waals surface area contributed by atoms with Crippen LogP contribution in [0.4, 0.5) is 16.2 Å². The van der Waals surface area contributed by atoms with Gasteiger partial charge in [-0.3, -0.25) is 4.98 Å². The summed E-state index contributed by atoms with van der Waals surface area (Å²) in [6.45, 7) is 2.29. The Morgan fingerprint density at radius 3 is 2.91 bits per heavy atom. The van der Waals surface area contributed by atoms with Gasteiger partial charge in [0.25, 0.3) is 0 Å². The first-order chi connectivity index (χ1) is 10.6. The van der Waals surface area contributed by atoms with Crippen molar-refractivity contribution in [2.45, 2.75) is 12.8 Å². The van der Waals surface area contributed by atoms with Gasteiger partial charge in [-0.2, -0.15) is 0 Å². The number of anilines is 2. The minimum atomic E-state index is -0.952. The van der Waals surface area contributed by atoms with Crippen LogP contribution in [0.2, 0.25) is 0 Å². The smallest absolute Gasteiger partial charge is 0.404 e. The maximum atomic E-state index is 10.6. The lowest BCUT2D eigenvalue weighted by molar-refractivity contribution is 0.191. The molecule has 1 fully saturated rings. The molecule has 1 aromatic carbocycles. The minimum Gasteiger partial charge on any atom is -0.465 e. The SMILES string of the molecule is Nc1cc2cccnc2cc1N1CCC(CNC(=O)O)CC1. The second-order valence-corrected chi connectivity index (χ2v) is 5.72. The van der Waals surface area contributed by atoms with Crippen LogP contribution in [0.1, 0.15) is 12.8 Å². The molecule has 1 saturated heterocycles. The van der Waals surface area contributed by atoms with Gasteiger partial charge in [-0.25, -0.2) is 4.79 Å². The molecule has 0 atom stereocenters. The number of fused-ring (bicyclic) bond motifs is 1. The highest BCUT2D eigenvalue weighted by Gasteiger charge is 2.21. The van der Waals surface area contributed by atoms with Crippen LogP contribution in [0, 0.1) is 5.92 Å². The van der Waals surface area contributed by atoms with Crippen LogP contribution in [-0.2, 0) is 0 Å². The predicted molar refractivity (Wildman–Crippen MR) is 87.1 cm³/mol. The van der Waals surface area contributed by atoms with E-state index in [2.05, 4.69) is 15.2 Å². The Morgan fingerprint density at radius 2 is 2.18 bits per heavy atom. The topological polar surface area (TPSA) is 91.5 Å². The Hall–Kier alpha value is -2.50. The third-order valence-corrected chi connectivity index (χ3v) is 4.25. The molecule has 2 aromatic rings. The molecule has 0 bridgehead atoms. The Morgan fingerprint density at radius 1 is 1.41 bits per heavy atom. The fourth-order valence-corrected chi connectivity index (χ4v) is 3.01. The van der Waals surface area contributed by atoms with E-state index in [1.807, 2.05) is 24.3 Å². The van der Waals surface area contributed by atoms with E-state index in [0.29, 0.717) is 12.5 Å². The van der Waals surface area contributed by atoms with Crippen LogP contribution in [-0.4, -0.2) is 35.8 Å². The number of aromatic nitrogens is 1. The molecule has 1 aromatic heterocycles. The zero-order valence-corrected chi connectivity index (χ0v) is 12.3. The molecule has 3 rings (SSSR count). The summed E-state index contributed by atoms with van der Waals surface area (Å²) >= 11 is 0. The average Bonchev–Trinajstić information content (AvgIpc) is 2.53. The van der Waals surface area contributed by atoms with Crippen LogP contribution in [0.5, 0.6) is 0 Å². The molecule has 4 N–H and O–H groups in total. The Labute approximate surface area is 128 Å². The number of pyridine rings is 1. The van der Waals surface area contributed by atoms with E-state index in [1.165, 1.54) is 0 Å². The molecule has 0 radical (unpaired) electrons. The fraction of sp³-hybridized carbons (Fsp3) is 0.375. The maximum absolute atomic E-state index is 10.6. The van der Waals surface area contributed by atoms with E-state index in [1.54, 1.807) is 6.20 Å². The number of hydrogen-bond donors (Lipinski definition) is 3. The molecule has 1 amide bonds. The van der Waals surface area contributed by atoms with E-state index >= 15 is 0 Å². The number of nitrogens with zero attached hydrogens (tertiary/aromatic N) is 2. The minimum absolute atomic E-state index is 0.396. The lowest BCUT2D eigenvalue weighted by Gasteiger charge is -2.34. The van der Waals surface area contributed by atoms with Crippen molar-refractivity contribution in [3.8, 4) is 0 Å². The van der Waals surface area contributed by atoms with E-state index in [4.69, 9.17) is 10.8 Å². The van der Waals surface area contributed by atoms with Crippen LogP contribution in [0.15, 0.2) is 30.5 Å². The van der Waals surface area contributed by atoms with Gasteiger partial charge in [0, 0.05) is 31.2 Å². The zero-order chi connectivity index (χ0) is 15.5. The summed E-state index contributed by atoms with van der Waals surface area (Å²) in [7, 11) is 0. The molecule has 2 heterocycles. The highest BCUT2D eigenvalue weighted by Crippen LogP contribution is 2.31. The van der Waals surface area contributed by atoms with Gasteiger partial charge >= 0.3 is 6.09 Å². The van der Waals surface area contributed by atoms with Crippen molar-refractivity contribution in [2.24, 2.45) is 5.92 Å². The largest absolute Gasteiger partial charge is 0.465 e. The molecular weight excluding hydrogens is 280 g/mol. The van der Waals surface area contributed by atoms with Crippen LogP contribution < -0.4 is 16.0 Å². The summed E-state index contributed by atoms with van der Waals surface area (Å²) < 4.78 is 0. The summed E-state index contributed by atoms with van der Waals surface area (Å²) in [6, 6.07) is 7.92. The summed E-state index contributed by atoms with van der Waals surface area (Å²) in [5.41, 5.74) is 8.93. The quantitative estimate of drug-likeness (QED) is 0.757. The molecule has 6 nitrogen and oxygen atoms in total. The molecule has 0 unspecified atom stereocenters. The number of carboxylic acid groups (broad SMARTS) is 1. The molecule has 0 aliphatic carbocycles. The molecular formula is C16H20N4O2. The monoisotopic (exact) mass is 300 g/mol. The average molecular weight is 300 g/mol. The molecule has 0 saturated carbocycles. The van der Waals surface area contributed by atoms with Crippen LogP contribution >= 0.6 is 0 Å². The van der Waals surface area contributed by atoms with Crippen LogP contribution in [0.25, 0.3) is 10.9 Å². The molecule has 116 valence electrons. The second-order valence-electron chi connectivity index (χ2n) is 5.72. The maximum Gasteiger partial charge on any atom is 0.404 e. The number of piperidine rings is 1. The summed E-state index contributed by atoms with van der Waals surface area (Å²) in [5, 5.41) is 12.2. The summed E-state index contributed by atoms with van der Waals surface area (Å²) in [6.07, 6.45) is 2.75. The first-order valence-electron chi connectivity index (χ1n) is 7.49. The van der Waals surface area contributed by atoms with Crippen molar-refractivity contribution >= 4 is 28.4 Å². The lowest BCUT2D eigenvalue weighted by atomic mass is 9.96. The van der Waals surface area contributed by atoms with Gasteiger partial charge in [0.2, 0.25) is 0 Å². The number of benzene rings is 1. The molecule has 1 aliphatic heterocycles. The van der Waals surface area contributed by atoms with Crippen molar-refractivity contribution < 1.29 is 9.90 Å². The molecule has 22 heavy (non-hydrogen) atoms. The number of rotatable bonds is 3. The van der Waals surface area contributed by atoms with Gasteiger partial charge < -0.3 is 21.1 Å². The van der Waals surface area contributed by atoms with Gasteiger partial charge in [-0.15, -0.1) is 0 Å². The van der Waals surface area contributed by atoms with Crippen molar-refractivity contribution in [1.82, 2.24) is 10.3 Å². The predicted octanol–water partition coefficient (Wildman–Crippen LogP) is 2.30. The van der Waals surface area contributed by atoms with Gasteiger partial charge in [0.15, 0.2) is 0 Å². The fourth-order valence-electron chi connectivity index (χ4n) is 3.01. The normalized spacial score (nSPS) is 15.9. The highest BCUT2D eigenvalue weighted by molar-refractivity contribution is 5.89. The third-order valence-electron chi connectivity index (χ3n) is 4.25. The summed E-state index contributed by atoms with van der Waals surface area (Å²) in [5.74, 6) is 0.396. The van der Waals surface area contributed by atoms with E-state index in [0.717, 1.165) is 48.2 Å². The van der Waals surface area contributed by atoms with Gasteiger partial charge in [0.1, 0.15) is 0 Å². The number of nitrogen functional groups attached to an aromatic ring is 1. The second kappa shape index (κ2) is 6.09. The van der Waals surface area contributed by atoms with Crippen molar-refractivity contribution in [2.75, 3.05) is 30.3 Å². The Kier molecular flexibility index (Phi) is 4.00. The van der Waals surface area contributed by atoms with E-state index in [-0.39, 0.29) is 0 Å². The van der Waals surface area contributed by atoms with E-state index < -0.39 is 6.09 Å². The lowest BCUT2D eigenvalue weighted by Crippen LogP contribution is -2.38. The third kappa shape index (κ3) is 3.05. The highest BCUT2D eigenvalue weighted by atomic mass is 16.4. The van der Waals surface area contributed by atoms with Gasteiger partial charge in [0.05, 0.1) is 16.9 Å². The standard InChI is InChI=1S/C16H20N4O2/c17-13-8-12-2-1-5-18-14(12)9-15(13)20-6-3-11(4-7-20)10-19-16(21)22/h1-2,5,8-9,11,19H,3-4,6-7,10,17H2,(H,21,22). The van der Waals surface area contributed by atoms with Crippen molar-refractivity contribution in [3.63, 3.8) is 0 Å². The van der Waals surface area contributed by atoms with Crippen LogP contribution in [0.3, 0.4) is 0 Å². The number of carbonyl (C=O) groups is 1. The first-order valence-corrected chi connectivity index (χ1v) is 7.49. The first kappa shape index (κ1) is 14.4. The van der Waals surface area contributed by atoms with Gasteiger partial charge in [-0.1, -0.05) is 6.07 Å². The zero-order valence-electron chi connectivity index (χ0n) is 12.3. The number of nitrogens with two attached hydrogens (primary N) is 1.